The lowest BCUT2D eigenvalue weighted by atomic mass is 10.2. The van der Waals surface area contributed by atoms with E-state index in [0.29, 0.717) is 16.3 Å². The zero-order valence-electron chi connectivity index (χ0n) is 7.99. The molecule has 1 aromatic carbocycles. The maximum atomic E-state index is 10.6. The summed E-state index contributed by atoms with van der Waals surface area (Å²) in [6.07, 6.45) is 0. The molecule has 4 nitrogen and oxygen atoms in total. The maximum absolute atomic E-state index is 10.6. The van der Waals surface area contributed by atoms with Crippen LogP contribution in [0.15, 0.2) is 18.2 Å². The molecule has 1 atom stereocenters. The fraction of sp³-hybridized carbons (Fsp3) is 0.200. The molecule has 0 radical (unpaired) electrons. The highest BCUT2D eigenvalue weighted by atomic mass is 35.5. The van der Waals surface area contributed by atoms with Gasteiger partial charge in [-0.25, -0.2) is 0 Å². The van der Waals surface area contributed by atoms with Crippen LogP contribution in [0.5, 0.6) is 0 Å². The number of nitrogens with one attached hydrogen (secondary N) is 1. The molecule has 1 rings (SSSR count). The van der Waals surface area contributed by atoms with Crippen LogP contribution < -0.4 is 5.32 Å². The van der Waals surface area contributed by atoms with Gasteiger partial charge in [-0.3, -0.25) is 4.79 Å². The van der Waals surface area contributed by atoms with Crippen molar-refractivity contribution in [2.24, 2.45) is 0 Å². The minimum Gasteiger partial charge on any atom is -0.480 e. The second-order valence-electron chi connectivity index (χ2n) is 3.01. The number of nitrogens with zero attached hydrogens (tertiary/aromatic N) is 1. The number of carboxylic acids is 1. The number of halogens is 1. The van der Waals surface area contributed by atoms with Gasteiger partial charge in [0.1, 0.15) is 12.1 Å². The molecule has 0 amide bonds. The number of benzene rings is 1. The third kappa shape index (κ3) is 2.86. The Kier molecular flexibility index (Phi) is 3.53. The SMILES string of the molecule is CC(Nc1cc(Cl)ccc1C#N)C(=O)O. The molecule has 0 aliphatic heterocycles. The van der Waals surface area contributed by atoms with Crippen LogP contribution >= 0.6 is 11.6 Å². The first-order valence-electron chi connectivity index (χ1n) is 4.23. The molecule has 2 N–H and O–H groups in total. The van der Waals surface area contributed by atoms with Gasteiger partial charge in [-0.1, -0.05) is 11.6 Å². The molecule has 0 fully saturated rings. The van der Waals surface area contributed by atoms with Gasteiger partial charge in [0.25, 0.3) is 0 Å². The lowest BCUT2D eigenvalue weighted by Gasteiger charge is -2.12. The Morgan fingerprint density at radius 1 is 1.67 bits per heavy atom. The van der Waals surface area contributed by atoms with Gasteiger partial charge in [-0.15, -0.1) is 0 Å². The Labute approximate surface area is 92.1 Å². The predicted octanol–water partition coefficient (Wildman–Crippen LogP) is 2.10. The van der Waals surface area contributed by atoms with Gasteiger partial charge in [-0.2, -0.15) is 5.26 Å². The number of hydrogen-bond donors (Lipinski definition) is 2. The Hall–Kier alpha value is -1.73. The number of hydrogen-bond acceptors (Lipinski definition) is 3. The van der Waals surface area contributed by atoms with E-state index in [1.54, 1.807) is 12.1 Å². The average Bonchev–Trinajstić information content (AvgIpc) is 2.18. The van der Waals surface area contributed by atoms with Crippen molar-refractivity contribution in [3.8, 4) is 6.07 Å². The molecule has 0 spiro atoms. The topological polar surface area (TPSA) is 73.1 Å². The van der Waals surface area contributed by atoms with E-state index in [1.165, 1.54) is 13.0 Å². The van der Waals surface area contributed by atoms with Gasteiger partial charge >= 0.3 is 5.97 Å². The summed E-state index contributed by atoms with van der Waals surface area (Å²) in [5.41, 5.74) is 0.799. The van der Waals surface area contributed by atoms with Gasteiger partial charge in [0.2, 0.25) is 0 Å². The fourth-order valence-electron chi connectivity index (χ4n) is 1.03. The van der Waals surface area contributed by atoms with Crippen LogP contribution in [0.25, 0.3) is 0 Å². The van der Waals surface area contributed by atoms with Crippen molar-refractivity contribution in [2.45, 2.75) is 13.0 Å². The van der Waals surface area contributed by atoms with Gasteiger partial charge in [-0.05, 0) is 25.1 Å². The van der Waals surface area contributed by atoms with Crippen molar-refractivity contribution in [2.75, 3.05) is 5.32 Å². The van der Waals surface area contributed by atoms with Crippen LogP contribution in [-0.4, -0.2) is 17.1 Å². The summed E-state index contributed by atoms with van der Waals surface area (Å²) in [7, 11) is 0. The maximum Gasteiger partial charge on any atom is 0.325 e. The van der Waals surface area contributed by atoms with Crippen LogP contribution in [0, 0.1) is 11.3 Å². The standard InChI is InChI=1S/C10H9ClN2O2/c1-6(10(14)15)13-9-4-8(11)3-2-7(9)5-12/h2-4,6,13H,1H3,(H,14,15). The Balaban J connectivity index is 2.98. The molecular formula is C10H9ClN2O2. The Bertz CT molecular complexity index is 426. The molecule has 0 heterocycles. The van der Waals surface area contributed by atoms with Crippen molar-refractivity contribution in [1.82, 2.24) is 0 Å². The van der Waals surface area contributed by atoms with E-state index in [-0.39, 0.29) is 0 Å². The smallest absolute Gasteiger partial charge is 0.325 e. The van der Waals surface area contributed by atoms with Crippen molar-refractivity contribution in [3.63, 3.8) is 0 Å². The summed E-state index contributed by atoms with van der Waals surface area (Å²) in [6, 6.07) is 5.83. The van der Waals surface area contributed by atoms with Crippen LogP contribution in [0.1, 0.15) is 12.5 Å². The monoisotopic (exact) mass is 224 g/mol. The minimum absolute atomic E-state index is 0.368. The van der Waals surface area contributed by atoms with Crippen molar-refractivity contribution >= 4 is 23.3 Å². The first-order chi connectivity index (χ1) is 7.04. The van der Waals surface area contributed by atoms with E-state index in [9.17, 15) is 4.79 Å². The zero-order chi connectivity index (χ0) is 11.4. The molecule has 0 aliphatic carbocycles. The molecule has 0 bridgehead atoms. The van der Waals surface area contributed by atoms with E-state index >= 15 is 0 Å². The molecule has 0 saturated carbocycles. The summed E-state index contributed by atoms with van der Waals surface area (Å²) in [4.78, 5) is 10.6. The van der Waals surface area contributed by atoms with Crippen LogP contribution in [0.2, 0.25) is 5.02 Å². The Morgan fingerprint density at radius 3 is 2.87 bits per heavy atom. The van der Waals surface area contributed by atoms with E-state index in [2.05, 4.69) is 5.32 Å². The van der Waals surface area contributed by atoms with Crippen molar-refractivity contribution in [3.05, 3.63) is 28.8 Å². The number of carbonyl (C=O) groups is 1. The lowest BCUT2D eigenvalue weighted by Crippen LogP contribution is -2.25. The quantitative estimate of drug-likeness (QED) is 0.825. The number of anilines is 1. The molecule has 15 heavy (non-hydrogen) atoms. The molecule has 78 valence electrons. The first-order valence-corrected chi connectivity index (χ1v) is 4.61. The van der Waals surface area contributed by atoms with E-state index in [1.807, 2.05) is 6.07 Å². The normalized spacial score (nSPS) is 11.5. The van der Waals surface area contributed by atoms with E-state index < -0.39 is 12.0 Å². The molecular weight excluding hydrogens is 216 g/mol. The largest absolute Gasteiger partial charge is 0.480 e. The zero-order valence-corrected chi connectivity index (χ0v) is 8.75. The molecule has 0 aliphatic rings. The molecule has 0 aromatic heterocycles. The highest BCUT2D eigenvalue weighted by Gasteiger charge is 2.12. The lowest BCUT2D eigenvalue weighted by molar-refractivity contribution is -0.137. The summed E-state index contributed by atoms with van der Waals surface area (Å²) in [6.45, 7) is 1.49. The predicted molar refractivity (Wildman–Crippen MR) is 56.9 cm³/mol. The number of nitriles is 1. The fourth-order valence-corrected chi connectivity index (χ4v) is 1.20. The highest BCUT2D eigenvalue weighted by molar-refractivity contribution is 6.30. The third-order valence-electron chi connectivity index (χ3n) is 1.84. The summed E-state index contributed by atoms with van der Waals surface area (Å²) in [5.74, 6) is -0.987. The van der Waals surface area contributed by atoms with Gasteiger partial charge in [0.05, 0.1) is 11.3 Å². The van der Waals surface area contributed by atoms with Crippen molar-refractivity contribution in [1.29, 1.82) is 5.26 Å². The van der Waals surface area contributed by atoms with Gasteiger partial charge in [0.15, 0.2) is 0 Å². The second kappa shape index (κ2) is 4.67. The van der Waals surface area contributed by atoms with Crippen LogP contribution in [-0.2, 0) is 4.79 Å². The van der Waals surface area contributed by atoms with Crippen molar-refractivity contribution < 1.29 is 9.90 Å². The minimum atomic E-state index is -0.987. The molecule has 0 saturated heterocycles. The number of rotatable bonds is 3. The summed E-state index contributed by atoms with van der Waals surface area (Å²) in [5, 5.41) is 20.6. The average molecular weight is 225 g/mol. The number of carboxylic acid groups (broad SMARTS) is 1. The van der Waals surface area contributed by atoms with Crippen LogP contribution in [0.4, 0.5) is 5.69 Å². The molecule has 1 unspecified atom stereocenters. The molecule has 1 aromatic rings. The number of aliphatic carboxylic acids is 1. The molecule has 5 heteroatoms. The van der Waals surface area contributed by atoms with E-state index in [0.717, 1.165) is 0 Å². The van der Waals surface area contributed by atoms with Crippen LogP contribution in [0.3, 0.4) is 0 Å². The second-order valence-corrected chi connectivity index (χ2v) is 3.44. The van der Waals surface area contributed by atoms with E-state index in [4.69, 9.17) is 22.0 Å². The highest BCUT2D eigenvalue weighted by Crippen LogP contribution is 2.20. The third-order valence-corrected chi connectivity index (χ3v) is 2.08. The Morgan fingerprint density at radius 2 is 2.33 bits per heavy atom. The summed E-state index contributed by atoms with van der Waals surface area (Å²) >= 11 is 5.74. The summed E-state index contributed by atoms with van der Waals surface area (Å²) < 4.78 is 0. The van der Waals surface area contributed by atoms with Gasteiger partial charge in [0, 0.05) is 5.02 Å². The first kappa shape index (κ1) is 11.3. The van der Waals surface area contributed by atoms with Gasteiger partial charge < -0.3 is 10.4 Å².